The fraction of sp³-hybridized carbons (Fsp3) is 0.200. The average Bonchev–Trinajstić information content (AvgIpc) is 3.24. The Kier molecular flexibility index (Phi) is 7.99. The van der Waals surface area contributed by atoms with Crippen LogP contribution in [0.15, 0.2) is 157 Å². The highest BCUT2D eigenvalue weighted by molar-refractivity contribution is 5.94. The molecule has 0 aliphatic heterocycles. The lowest BCUT2D eigenvalue weighted by Gasteiger charge is -2.26. The van der Waals surface area contributed by atoms with Crippen molar-refractivity contribution in [1.29, 1.82) is 0 Å². The van der Waals surface area contributed by atoms with Crippen molar-refractivity contribution in [2.45, 2.75) is 50.4 Å². The molecular weight excluding hydrogens is 555 g/mol. The monoisotopic (exact) mass is 595 g/mol. The van der Waals surface area contributed by atoms with E-state index in [1.807, 2.05) is 0 Å². The van der Waals surface area contributed by atoms with Crippen LogP contribution in [-0.4, -0.2) is 4.57 Å². The normalized spacial score (nSPS) is 25.4. The van der Waals surface area contributed by atoms with Gasteiger partial charge in [0, 0.05) is 34.7 Å². The zero-order chi connectivity index (χ0) is 30.7. The molecule has 3 aromatic carbocycles. The molecule has 0 saturated carbocycles. The number of benzene rings is 3. The van der Waals surface area contributed by atoms with Crippen LogP contribution < -0.4 is 0 Å². The molecule has 0 spiro atoms. The third kappa shape index (κ3) is 5.56. The van der Waals surface area contributed by atoms with Crippen LogP contribution >= 0.6 is 0 Å². The van der Waals surface area contributed by atoms with Gasteiger partial charge in [0.15, 0.2) is 0 Å². The van der Waals surface area contributed by atoms with E-state index in [0.717, 1.165) is 38.5 Å². The molecular formula is C45H41N. The van der Waals surface area contributed by atoms with Gasteiger partial charge in [-0.1, -0.05) is 152 Å². The highest BCUT2D eigenvalue weighted by Gasteiger charge is 2.26. The van der Waals surface area contributed by atoms with Crippen LogP contribution in [0, 0.1) is 5.92 Å². The molecule has 0 amide bonds. The minimum atomic E-state index is 0.404. The van der Waals surface area contributed by atoms with Gasteiger partial charge in [0.05, 0.1) is 5.52 Å². The molecule has 4 aliphatic carbocycles. The summed E-state index contributed by atoms with van der Waals surface area (Å²) in [7, 11) is 0. The molecule has 0 radical (unpaired) electrons. The maximum Gasteiger partial charge on any atom is 0.0534 e. The van der Waals surface area contributed by atoms with E-state index in [1.165, 1.54) is 55.7 Å². The summed E-state index contributed by atoms with van der Waals surface area (Å²) in [5.74, 6) is 1.28. The standard InChI is InChI=1S/C45H41N/c1-2-7-21-43(46-44-22-12-10-19-41(44)42-20-11-13-23-45(42)46)39-17-9-8-16-38(32-39)40(18-6-1)37-30-28-36(29-31-37)35-26-24-34(25-27-35)33-14-4-3-5-15-33/h1-12,14-17,19-20,22,24,26-31,34,38,40H,13,18,21,23,25,32H2/b6-1-,7-2-,43-39+. The van der Waals surface area contributed by atoms with E-state index in [9.17, 15) is 0 Å². The summed E-state index contributed by atoms with van der Waals surface area (Å²) in [4.78, 5) is 0. The van der Waals surface area contributed by atoms with Gasteiger partial charge in [-0.15, -0.1) is 0 Å². The van der Waals surface area contributed by atoms with E-state index in [1.54, 1.807) is 0 Å². The lowest BCUT2D eigenvalue weighted by Crippen LogP contribution is -2.13. The third-order valence-electron chi connectivity index (χ3n) is 10.3. The molecule has 2 bridgehead atoms. The number of fused-ring (bicyclic) bond motifs is 5. The molecule has 0 fully saturated rings. The van der Waals surface area contributed by atoms with Crippen LogP contribution in [-0.2, 0) is 6.42 Å². The van der Waals surface area contributed by atoms with Crippen LogP contribution in [0.1, 0.15) is 71.9 Å². The Morgan fingerprint density at radius 1 is 0.652 bits per heavy atom. The second-order valence-corrected chi connectivity index (χ2v) is 13.0. The average molecular weight is 596 g/mol. The summed E-state index contributed by atoms with van der Waals surface area (Å²) in [6.07, 6.45) is 36.6. The molecule has 1 heteroatoms. The summed E-state index contributed by atoms with van der Waals surface area (Å²) >= 11 is 0. The topological polar surface area (TPSA) is 4.93 Å². The summed E-state index contributed by atoms with van der Waals surface area (Å²) in [6, 6.07) is 29.3. The molecule has 1 aromatic heterocycles. The largest absolute Gasteiger partial charge is 0.316 e. The number of hydrogen-bond acceptors (Lipinski definition) is 0. The minimum absolute atomic E-state index is 0.404. The second-order valence-electron chi connectivity index (χ2n) is 13.0. The first-order valence-electron chi connectivity index (χ1n) is 17.0. The molecule has 46 heavy (non-hydrogen) atoms. The van der Waals surface area contributed by atoms with Crippen molar-refractivity contribution in [3.63, 3.8) is 0 Å². The van der Waals surface area contributed by atoms with Gasteiger partial charge in [-0.25, -0.2) is 0 Å². The maximum atomic E-state index is 2.61. The zero-order valence-corrected chi connectivity index (χ0v) is 26.4. The highest BCUT2D eigenvalue weighted by atomic mass is 15.0. The van der Waals surface area contributed by atoms with Gasteiger partial charge in [0.25, 0.3) is 0 Å². The van der Waals surface area contributed by atoms with Crippen molar-refractivity contribution in [3.05, 3.63) is 185 Å². The number of hydrogen-bond donors (Lipinski definition) is 0. The molecule has 3 unspecified atom stereocenters. The van der Waals surface area contributed by atoms with E-state index in [2.05, 4.69) is 162 Å². The summed E-state index contributed by atoms with van der Waals surface area (Å²) in [5, 5.41) is 1.36. The fourth-order valence-electron chi connectivity index (χ4n) is 7.93. The molecule has 1 heterocycles. The fourth-order valence-corrected chi connectivity index (χ4v) is 7.93. The van der Waals surface area contributed by atoms with E-state index < -0.39 is 0 Å². The highest BCUT2D eigenvalue weighted by Crippen LogP contribution is 2.41. The van der Waals surface area contributed by atoms with E-state index >= 15 is 0 Å². The smallest absolute Gasteiger partial charge is 0.0534 e. The molecule has 0 saturated heterocycles. The maximum absolute atomic E-state index is 2.61. The SMILES string of the molecule is C1=C/C2=C(\n3c4c(c5ccccc53)C=CCC4)C/C=C\C=C/CC(c3ccc(C4=CCC(c5ccccc5)C=C4)cc3)C(C=C1)C2. The van der Waals surface area contributed by atoms with Crippen molar-refractivity contribution in [1.82, 2.24) is 4.57 Å². The quantitative estimate of drug-likeness (QED) is 0.221. The lowest BCUT2D eigenvalue weighted by molar-refractivity contribution is 0.509. The summed E-state index contributed by atoms with van der Waals surface area (Å²) < 4.78 is 2.61. The number of allylic oxidation sites excluding steroid dienone is 15. The van der Waals surface area contributed by atoms with E-state index in [-0.39, 0.29) is 0 Å². The first-order chi connectivity index (χ1) is 22.8. The van der Waals surface area contributed by atoms with Crippen LogP contribution in [0.2, 0.25) is 0 Å². The predicted molar refractivity (Wildman–Crippen MR) is 197 cm³/mol. The predicted octanol–water partition coefficient (Wildman–Crippen LogP) is 11.8. The summed E-state index contributed by atoms with van der Waals surface area (Å²) in [6.45, 7) is 0. The lowest BCUT2D eigenvalue weighted by atomic mass is 9.79. The molecule has 0 N–H and O–H groups in total. The van der Waals surface area contributed by atoms with E-state index in [4.69, 9.17) is 0 Å². The molecule has 3 atom stereocenters. The zero-order valence-electron chi connectivity index (χ0n) is 26.4. The van der Waals surface area contributed by atoms with E-state index in [0.29, 0.717) is 17.8 Å². The molecule has 4 aromatic rings. The van der Waals surface area contributed by atoms with Crippen molar-refractivity contribution < 1.29 is 0 Å². The number of para-hydroxylation sites is 1. The van der Waals surface area contributed by atoms with Gasteiger partial charge in [-0.2, -0.15) is 0 Å². The Labute approximate surface area is 273 Å². The van der Waals surface area contributed by atoms with Crippen molar-refractivity contribution in [2.24, 2.45) is 5.92 Å². The van der Waals surface area contributed by atoms with Gasteiger partial charge >= 0.3 is 0 Å². The van der Waals surface area contributed by atoms with Crippen LogP contribution in [0.25, 0.3) is 28.2 Å². The van der Waals surface area contributed by atoms with Crippen LogP contribution in [0.5, 0.6) is 0 Å². The van der Waals surface area contributed by atoms with Gasteiger partial charge in [0.2, 0.25) is 0 Å². The van der Waals surface area contributed by atoms with Crippen LogP contribution in [0.3, 0.4) is 0 Å². The van der Waals surface area contributed by atoms with Crippen molar-refractivity contribution in [2.75, 3.05) is 0 Å². The second kappa shape index (κ2) is 12.9. The Bertz CT molecular complexity index is 1980. The van der Waals surface area contributed by atoms with Crippen molar-refractivity contribution >= 4 is 28.2 Å². The van der Waals surface area contributed by atoms with Gasteiger partial charge in [-0.3, -0.25) is 0 Å². The minimum Gasteiger partial charge on any atom is -0.316 e. The Balaban J connectivity index is 1.12. The first kappa shape index (κ1) is 28.6. The number of rotatable bonds is 4. The van der Waals surface area contributed by atoms with Gasteiger partial charge in [-0.05, 0) is 77.8 Å². The molecule has 226 valence electrons. The third-order valence-corrected chi connectivity index (χ3v) is 10.3. The number of aromatic nitrogens is 1. The summed E-state index contributed by atoms with van der Waals surface area (Å²) in [5.41, 5.74) is 12.5. The first-order valence-corrected chi connectivity index (χ1v) is 17.0. The number of nitrogens with zero attached hydrogens (tertiary/aromatic N) is 1. The molecule has 4 aliphatic rings. The molecule has 1 nitrogen and oxygen atoms in total. The van der Waals surface area contributed by atoms with Crippen LogP contribution in [0.4, 0.5) is 0 Å². The Morgan fingerprint density at radius 3 is 2.37 bits per heavy atom. The van der Waals surface area contributed by atoms with Gasteiger partial charge in [0.1, 0.15) is 0 Å². The van der Waals surface area contributed by atoms with Crippen molar-refractivity contribution in [3.8, 4) is 0 Å². The Morgan fingerprint density at radius 2 is 1.50 bits per heavy atom. The Hall–Kier alpha value is -4.88. The molecule has 8 rings (SSSR count). The van der Waals surface area contributed by atoms with Gasteiger partial charge < -0.3 is 4.57 Å².